The van der Waals surface area contributed by atoms with Crippen LogP contribution in [0.25, 0.3) is 0 Å². The fourth-order valence-corrected chi connectivity index (χ4v) is 3.82. The van der Waals surface area contributed by atoms with Crippen molar-refractivity contribution in [2.75, 3.05) is 6.54 Å². The van der Waals surface area contributed by atoms with E-state index in [2.05, 4.69) is 10.6 Å². The number of rotatable bonds is 6. The number of piperidine rings is 1. The van der Waals surface area contributed by atoms with Crippen molar-refractivity contribution >= 4 is 23.6 Å². The van der Waals surface area contributed by atoms with Gasteiger partial charge in [0.2, 0.25) is 11.8 Å². The van der Waals surface area contributed by atoms with Gasteiger partial charge in [-0.2, -0.15) is 0 Å². The summed E-state index contributed by atoms with van der Waals surface area (Å²) < 4.78 is 0. The highest BCUT2D eigenvalue weighted by Gasteiger charge is 2.44. The van der Waals surface area contributed by atoms with Crippen LogP contribution >= 0.6 is 0 Å². The van der Waals surface area contributed by atoms with Crippen molar-refractivity contribution < 1.29 is 19.2 Å². The maximum atomic E-state index is 12.9. The van der Waals surface area contributed by atoms with E-state index in [-0.39, 0.29) is 30.0 Å². The van der Waals surface area contributed by atoms with Gasteiger partial charge < -0.3 is 11.1 Å². The van der Waals surface area contributed by atoms with Crippen LogP contribution in [0.3, 0.4) is 0 Å². The molecule has 30 heavy (non-hydrogen) atoms. The lowest BCUT2D eigenvalue weighted by Gasteiger charge is -2.27. The molecule has 8 heteroatoms. The second kappa shape index (κ2) is 8.17. The monoisotopic (exact) mass is 406 g/mol. The predicted molar refractivity (Wildman–Crippen MR) is 108 cm³/mol. The van der Waals surface area contributed by atoms with Gasteiger partial charge in [-0.05, 0) is 29.7 Å². The molecule has 2 aliphatic rings. The molecule has 2 atom stereocenters. The van der Waals surface area contributed by atoms with E-state index in [4.69, 9.17) is 5.73 Å². The molecule has 2 aromatic carbocycles. The van der Waals surface area contributed by atoms with Crippen molar-refractivity contribution in [3.05, 3.63) is 70.8 Å². The van der Waals surface area contributed by atoms with Crippen LogP contribution in [0, 0.1) is 0 Å². The average Bonchev–Trinajstić information content (AvgIpc) is 2.99. The molecule has 0 bridgehead atoms. The number of carbonyl (C=O) groups is 4. The number of imide groups is 2. The third-order valence-corrected chi connectivity index (χ3v) is 5.43. The summed E-state index contributed by atoms with van der Waals surface area (Å²) in [4.78, 5) is 50.0. The summed E-state index contributed by atoms with van der Waals surface area (Å²) in [5, 5.41) is 5.46. The molecule has 2 heterocycles. The molecule has 2 aliphatic heterocycles. The first-order valence-corrected chi connectivity index (χ1v) is 9.81. The molecule has 1 fully saturated rings. The van der Waals surface area contributed by atoms with Crippen LogP contribution in [0.1, 0.15) is 50.7 Å². The average molecular weight is 406 g/mol. The van der Waals surface area contributed by atoms with Crippen molar-refractivity contribution in [1.82, 2.24) is 15.5 Å². The molecule has 154 valence electrons. The summed E-state index contributed by atoms with van der Waals surface area (Å²) in [5.41, 5.74) is 8.59. The summed E-state index contributed by atoms with van der Waals surface area (Å²) in [5.74, 6) is -2.02. The predicted octanol–water partition coefficient (Wildman–Crippen LogP) is 0.877. The summed E-state index contributed by atoms with van der Waals surface area (Å²) in [6.07, 6.45) is 0.239. The van der Waals surface area contributed by atoms with E-state index in [1.165, 1.54) is 0 Å². The molecular weight excluding hydrogens is 384 g/mol. The van der Waals surface area contributed by atoms with Gasteiger partial charge in [0.05, 0.1) is 11.1 Å². The summed E-state index contributed by atoms with van der Waals surface area (Å²) in [6.45, 7) is 1.03. The fraction of sp³-hybridized carbons (Fsp3) is 0.273. The summed E-state index contributed by atoms with van der Waals surface area (Å²) in [7, 11) is 0. The van der Waals surface area contributed by atoms with Crippen molar-refractivity contribution in [3.8, 4) is 0 Å². The van der Waals surface area contributed by atoms with E-state index in [0.717, 1.165) is 16.0 Å². The number of hydrogen-bond acceptors (Lipinski definition) is 6. The first-order chi connectivity index (χ1) is 14.5. The quantitative estimate of drug-likeness (QED) is 0.612. The highest BCUT2D eigenvalue weighted by Crippen LogP contribution is 2.28. The number of hydrogen-bond donors (Lipinski definition) is 3. The highest BCUT2D eigenvalue weighted by molar-refractivity contribution is 6.23. The van der Waals surface area contributed by atoms with Gasteiger partial charge in [0.1, 0.15) is 6.04 Å². The van der Waals surface area contributed by atoms with Gasteiger partial charge in [-0.1, -0.05) is 36.4 Å². The minimum atomic E-state index is -0.958. The lowest BCUT2D eigenvalue weighted by Crippen LogP contribution is -2.54. The number of benzene rings is 2. The molecular formula is C22H22N4O4. The lowest BCUT2D eigenvalue weighted by atomic mass is 10.0. The molecule has 8 nitrogen and oxygen atoms in total. The summed E-state index contributed by atoms with van der Waals surface area (Å²) >= 11 is 0. The maximum Gasteiger partial charge on any atom is 0.262 e. The fourth-order valence-electron chi connectivity index (χ4n) is 3.82. The first-order valence-electron chi connectivity index (χ1n) is 9.81. The van der Waals surface area contributed by atoms with Crippen molar-refractivity contribution in [3.63, 3.8) is 0 Å². The van der Waals surface area contributed by atoms with Gasteiger partial charge in [0.15, 0.2) is 0 Å². The van der Waals surface area contributed by atoms with Gasteiger partial charge in [-0.25, -0.2) is 0 Å². The first kappa shape index (κ1) is 19.9. The number of amides is 4. The molecule has 4 amide bonds. The molecule has 0 radical (unpaired) electrons. The van der Waals surface area contributed by atoms with Gasteiger partial charge in [-0.3, -0.25) is 29.4 Å². The van der Waals surface area contributed by atoms with E-state index in [0.29, 0.717) is 13.1 Å². The standard InChI is InChI=1S/C22H22N4O4/c23-17(14-4-2-1-3-5-14)12-24-11-13-6-7-15-16(10-13)22(30)26(21(15)29)18-8-9-19(27)25-20(18)28/h1-7,10,17-18,24H,8-9,11-12,23H2,(H,25,27,28)/t17-,18?/m0/s1. The molecule has 2 aromatic rings. The SMILES string of the molecule is N[C@@H](CNCc1ccc2c(c1)C(=O)N(C1CCC(=O)NC1=O)C2=O)c1ccccc1. The van der Waals surface area contributed by atoms with Crippen LogP contribution in [-0.2, 0) is 16.1 Å². The molecule has 0 aliphatic carbocycles. The van der Waals surface area contributed by atoms with Gasteiger partial charge in [0, 0.05) is 25.6 Å². The Morgan fingerprint density at radius 2 is 1.77 bits per heavy atom. The Hall–Kier alpha value is -3.36. The number of nitrogens with zero attached hydrogens (tertiary/aromatic N) is 1. The minimum Gasteiger partial charge on any atom is -0.323 e. The van der Waals surface area contributed by atoms with Crippen LogP contribution in [-0.4, -0.2) is 41.1 Å². The normalized spacial score (nSPS) is 19.6. The van der Waals surface area contributed by atoms with Crippen LogP contribution in [0.4, 0.5) is 0 Å². The Morgan fingerprint density at radius 3 is 2.50 bits per heavy atom. The number of carbonyl (C=O) groups excluding carboxylic acids is 4. The van der Waals surface area contributed by atoms with E-state index >= 15 is 0 Å². The molecule has 4 N–H and O–H groups in total. The Bertz CT molecular complexity index is 1020. The lowest BCUT2D eigenvalue weighted by molar-refractivity contribution is -0.136. The number of nitrogens with one attached hydrogen (secondary N) is 2. The van der Waals surface area contributed by atoms with Crippen molar-refractivity contribution in [2.24, 2.45) is 5.73 Å². The van der Waals surface area contributed by atoms with Crippen molar-refractivity contribution in [1.29, 1.82) is 0 Å². The van der Waals surface area contributed by atoms with E-state index < -0.39 is 29.7 Å². The second-order valence-electron chi connectivity index (χ2n) is 7.48. The zero-order valence-corrected chi connectivity index (χ0v) is 16.3. The van der Waals surface area contributed by atoms with Gasteiger partial charge in [0.25, 0.3) is 11.8 Å². The zero-order chi connectivity index (χ0) is 21.3. The largest absolute Gasteiger partial charge is 0.323 e. The van der Waals surface area contributed by atoms with E-state index in [9.17, 15) is 19.2 Å². The van der Waals surface area contributed by atoms with Crippen LogP contribution in [0.2, 0.25) is 0 Å². The van der Waals surface area contributed by atoms with Crippen LogP contribution < -0.4 is 16.4 Å². The molecule has 0 aromatic heterocycles. The molecule has 0 spiro atoms. The third kappa shape index (κ3) is 3.74. The van der Waals surface area contributed by atoms with Gasteiger partial charge in [-0.15, -0.1) is 0 Å². The Balaban J connectivity index is 1.43. The second-order valence-corrected chi connectivity index (χ2v) is 7.48. The number of nitrogens with two attached hydrogens (primary N) is 1. The van der Waals surface area contributed by atoms with E-state index in [1.807, 2.05) is 30.3 Å². The van der Waals surface area contributed by atoms with E-state index in [1.54, 1.807) is 18.2 Å². The molecule has 4 rings (SSSR count). The van der Waals surface area contributed by atoms with Crippen LogP contribution in [0.15, 0.2) is 48.5 Å². The molecule has 1 saturated heterocycles. The smallest absolute Gasteiger partial charge is 0.262 e. The topological polar surface area (TPSA) is 122 Å². The Morgan fingerprint density at radius 1 is 1.03 bits per heavy atom. The Kier molecular flexibility index (Phi) is 5.43. The number of fused-ring (bicyclic) bond motifs is 1. The minimum absolute atomic E-state index is 0.0979. The highest BCUT2D eigenvalue weighted by atomic mass is 16.2. The third-order valence-electron chi connectivity index (χ3n) is 5.43. The van der Waals surface area contributed by atoms with Gasteiger partial charge >= 0.3 is 0 Å². The maximum absolute atomic E-state index is 12.9. The zero-order valence-electron chi connectivity index (χ0n) is 16.3. The van der Waals surface area contributed by atoms with Crippen molar-refractivity contribution in [2.45, 2.75) is 31.5 Å². The van der Waals surface area contributed by atoms with Crippen LogP contribution in [0.5, 0.6) is 0 Å². The summed E-state index contributed by atoms with van der Waals surface area (Å²) in [6, 6.07) is 13.7. The molecule has 0 saturated carbocycles. The Labute approximate surface area is 173 Å². The molecule has 1 unspecified atom stereocenters.